The third-order valence-electron chi connectivity index (χ3n) is 11.0. The molecule has 0 spiro atoms. The van der Waals surface area contributed by atoms with E-state index in [1.807, 2.05) is 0 Å². The second kappa shape index (κ2) is 48.0. The van der Waals surface area contributed by atoms with Gasteiger partial charge in [0.25, 0.3) is 0 Å². The Labute approximate surface area is 327 Å². The first-order valence-electron chi connectivity index (χ1n) is 23.9. The Balaban J connectivity index is 0. The highest BCUT2D eigenvalue weighted by Crippen LogP contribution is 2.22. The highest BCUT2D eigenvalue weighted by atomic mass is 16.5. The summed E-state index contributed by atoms with van der Waals surface area (Å²) in [7, 11) is 0. The number of rotatable bonds is 42. The maximum atomic E-state index is 11.9. The van der Waals surface area contributed by atoms with Crippen LogP contribution in [0.15, 0.2) is 0 Å². The van der Waals surface area contributed by atoms with Crippen LogP contribution in [-0.2, 0) is 14.3 Å². The quantitative estimate of drug-likeness (QED) is 0.0501. The summed E-state index contributed by atoms with van der Waals surface area (Å²) in [6.45, 7) is 9.83. The molecule has 0 rings (SSSR count). The van der Waals surface area contributed by atoms with Crippen LogP contribution in [0.1, 0.15) is 285 Å². The molecular weight excluding hydrogens is 641 g/mol. The molecule has 0 fully saturated rings. The van der Waals surface area contributed by atoms with E-state index in [2.05, 4.69) is 27.7 Å². The Hall–Kier alpha value is -1.06. The Morgan fingerprint density at radius 3 is 1.00 bits per heavy atom. The van der Waals surface area contributed by atoms with Gasteiger partial charge in [0.2, 0.25) is 0 Å². The lowest BCUT2D eigenvalue weighted by atomic mass is 9.92. The molecule has 0 aromatic carbocycles. The molecule has 52 heavy (non-hydrogen) atoms. The van der Waals surface area contributed by atoms with Gasteiger partial charge in [0.15, 0.2) is 0 Å². The van der Waals surface area contributed by atoms with Gasteiger partial charge in [0.1, 0.15) is 0 Å². The molecule has 1 atom stereocenters. The second-order valence-electron chi connectivity index (χ2n) is 16.3. The minimum absolute atomic E-state index is 0.0253. The van der Waals surface area contributed by atoms with Crippen molar-refractivity contribution in [1.29, 1.82) is 0 Å². The number of ether oxygens (including phenoxy) is 1. The molecule has 0 aliphatic heterocycles. The van der Waals surface area contributed by atoms with Gasteiger partial charge in [-0.2, -0.15) is 0 Å². The van der Waals surface area contributed by atoms with Crippen LogP contribution in [0.4, 0.5) is 0 Å². The van der Waals surface area contributed by atoms with Crippen LogP contribution in [0.25, 0.3) is 0 Å². The van der Waals surface area contributed by atoms with E-state index in [9.17, 15) is 9.59 Å². The van der Waals surface area contributed by atoms with E-state index in [1.165, 1.54) is 218 Å². The molecule has 0 saturated carbocycles. The monoisotopic (exact) mass is 737 g/mol. The first-order valence-corrected chi connectivity index (χ1v) is 23.9. The minimum Gasteiger partial charge on any atom is -0.481 e. The van der Waals surface area contributed by atoms with Crippen LogP contribution in [-0.4, -0.2) is 23.7 Å². The van der Waals surface area contributed by atoms with Gasteiger partial charge in [0, 0.05) is 12.8 Å². The first-order chi connectivity index (χ1) is 25.5. The summed E-state index contributed by atoms with van der Waals surface area (Å²) < 4.78 is 5.44. The van der Waals surface area contributed by atoms with Crippen LogP contribution in [0.5, 0.6) is 0 Å². The number of aliphatic carboxylic acids is 1. The lowest BCUT2D eigenvalue weighted by Crippen LogP contribution is -2.05. The van der Waals surface area contributed by atoms with Crippen molar-refractivity contribution in [1.82, 2.24) is 0 Å². The van der Waals surface area contributed by atoms with E-state index in [0.717, 1.165) is 31.6 Å². The summed E-state index contributed by atoms with van der Waals surface area (Å²) >= 11 is 0. The maximum Gasteiger partial charge on any atom is 0.305 e. The summed E-state index contributed by atoms with van der Waals surface area (Å²) in [5.74, 6) is 0.337. The zero-order chi connectivity index (χ0) is 38.4. The zero-order valence-corrected chi connectivity index (χ0v) is 36.2. The van der Waals surface area contributed by atoms with Crippen LogP contribution >= 0.6 is 0 Å². The molecule has 0 aliphatic carbocycles. The number of hydrogen-bond acceptors (Lipinski definition) is 3. The molecule has 0 amide bonds. The molecule has 312 valence electrons. The predicted molar refractivity (Wildman–Crippen MR) is 229 cm³/mol. The highest BCUT2D eigenvalue weighted by molar-refractivity contribution is 5.69. The molecule has 0 heterocycles. The number of esters is 1. The smallest absolute Gasteiger partial charge is 0.305 e. The van der Waals surface area contributed by atoms with Crippen molar-refractivity contribution in [2.45, 2.75) is 285 Å². The molecule has 4 heteroatoms. The Morgan fingerprint density at radius 2 is 0.673 bits per heavy atom. The Bertz CT molecular complexity index is 677. The van der Waals surface area contributed by atoms with Gasteiger partial charge in [-0.3, -0.25) is 9.59 Å². The fourth-order valence-corrected chi connectivity index (χ4v) is 7.32. The van der Waals surface area contributed by atoms with Gasteiger partial charge < -0.3 is 9.84 Å². The second-order valence-corrected chi connectivity index (χ2v) is 16.3. The summed E-state index contributed by atoms with van der Waals surface area (Å²) in [6.07, 6.45) is 51.4. The molecule has 0 aromatic rings. The predicted octanol–water partition coefficient (Wildman–Crippen LogP) is 16.9. The normalized spacial score (nSPS) is 11.7. The van der Waals surface area contributed by atoms with Crippen molar-refractivity contribution in [3.8, 4) is 0 Å². The molecule has 4 nitrogen and oxygen atoms in total. The average molecular weight is 737 g/mol. The van der Waals surface area contributed by atoms with Gasteiger partial charge in [-0.05, 0) is 25.2 Å². The summed E-state index contributed by atoms with van der Waals surface area (Å²) in [5.41, 5.74) is 0. The molecule has 0 aromatic heterocycles. The summed E-state index contributed by atoms with van der Waals surface area (Å²) in [6, 6.07) is 0. The van der Waals surface area contributed by atoms with Gasteiger partial charge in [0.05, 0.1) is 6.61 Å². The van der Waals surface area contributed by atoms with E-state index in [-0.39, 0.29) is 5.97 Å². The van der Waals surface area contributed by atoms with Crippen molar-refractivity contribution >= 4 is 11.9 Å². The van der Waals surface area contributed by atoms with Crippen molar-refractivity contribution in [3.63, 3.8) is 0 Å². The number of carbonyl (C=O) groups excluding carboxylic acids is 1. The van der Waals surface area contributed by atoms with E-state index in [0.29, 0.717) is 19.4 Å². The fraction of sp³-hybridized carbons (Fsp3) is 0.958. The first kappa shape index (κ1) is 53.0. The van der Waals surface area contributed by atoms with Gasteiger partial charge in [-0.25, -0.2) is 0 Å². The van der Waals surface area contributed by atoms with Crippen LogP contribution < -0.4 is 0 Å². The summed E-state index contributed by atoms with van der Waals surface area (Å²) in [5, 5.41) is 8.46. The third kappa shape index (κ3) is 48.9. The van der Waals surface area contributed by atoms with E-state index < -0.39 is 5.97 Å². The fourth-order valence-electron chi connectivity index (χ4n) is 7.32. The molecular formula is C48H96O4. The van der Waals surface area contributed by atoms with Gasteiger partial charge in [-0.15, -0.1) is 0 Å². The van der Waals surface area contributed by atoms with E-state index in [4.69, 9.17) is 9.84 Å². The molecule has 1 N–H and O–H groups in total. The Morgan fingerprint density at radius 1 is 0.385 bits per heavy atom. The van der Waals surface area contributed by atoms with Crippen LogP contribution in [0.3, 0.4) is 0 Å². The van der Waals surface area contributed by atoms with Crippen LogP contribution in [0.2, 0.25) is 0 Å². The SMILES string of the molecule is CCCCCCCCCCCCCC(=O)O.CCCCCCCCCCCCCC(=O)OCCCCCCCCCC(CC)CCCCCCCC. The van der Waals surface area contributed by atoms with Gasteiger partial charge >= 0.3 is 11.9 Å². The standard InChI is InChI=1S/C34H68O2.C14H28O2/c1-4-7-9-11-13-14-15-16-19-23-27-31-34(35)36-32-28-24-20-17-18-22-26-30-33(6-3)29-25-21-12-10-8-5-2;1-2-3-4-5-6-7-8-9-10-11-12-13-14(15)16/h33H,4-32H2,1-3H3;2-13H2,1H3,(H,15,16). The number of carbonyl (C=O) groups is 2. The largest absolute Gasteiger partial charge is 0.481 e. The lowest BCUT2D eigenvalue weighted by Gasteiger charge is -2.14. The van der Waals surface area contributed by atoms with Crippen molar-refractivity contribution in [2.24, 2.45) is 5.92 Å². The number of carboxylic acid groups (broad SMARTS) is 1. The van der Waals surface area contributed by atoms with Crippen molar-refractivity contribution in [3.05, 3.63) is 0 Å². The Kier molecular flexibility index (Phi) is 48.9. The maximum absolute atomic E-state index is 11.9. The number of unbranched alkanes of at least 4 members (excludes halogenated alkanes) is 31. The summed E-state index contributed by atoms with van der Waals surface area (Å²) in [4.78, 5) is 22.2. The molecule has 0 aliphatic rings. The van der Waals surface area contributed by atoms with E-state index >= 15 is 0 Å². The third-order valence-corrected chi connectivity index (χ3v) is 11.0. The number of carboxylic acids is 1. The van der Waals surface area contributed by atoms with E-state index in [1.54, 1.807) is 0 Å². The van der Waals surface area contributed by atoms with Crippen molar-refractivity contribution < 1.29 is 19.4 Å². The molecule has 0 bridgehead atoms. The highest BCUT2D eigenvalue weighted by Gasteiger charge is 2.06. The lowest BCUT2D eigenvalue weighted by molar-refractivity contribution is -0.144. The van der Waals surface area contributed by atoms with Crippen LogP contribution in [0, 0.1) is 5.92 Å². The average Bonchev–Trinajstić information content (AvgIpc) is 3.14. The van der Waals surface area contributed by atoms with Gasteiger partial charge in [-0.1, -0.05) is 252 Å². The molecule has 1 unspecified atom stereocenters. The molecule has 0 saturated heterocycles. The van der Waals surface area contributed by atoms with Crippen molar-refractivity contribution in [2.75, 3.05) is 6.61 Å². The zero-order valence-electron chi connectivity index (χ0n) is 36.2. The topological polar surface area (TPSA) is 63.6 Å². The number of hydrogen-bond donors (Lipinski definition) is 1. The minimum atomic E-state index is -0.657. The molecule has 0 radical (unpaired) electrons.